The van der Waals surface area contributed by atoms with Crippen molar-refractivity contribution in [2.24, 2.45) is 0 Å². The number of hydrogen-bond donors (Lipinski definition) is 2. The molecule has 0 aromatic heterocycles. The van der Waals surface area contributed by atoms with Gasteiger partial charge in [-0.3, -0.25) is 14.4 Å². The minimum absolute atomic E-state index is 0.0652. The Bertz CT molecular complexity index is 1010. The van der Waals surface area contributed by atoms with Crippen molar-refractivity contribution in [3.05, 3.63) is 54.1 Å². The van der Waals surface area contributed by atoms with Gasteiger partial charge in [0.2, 0.25) is 0 Å². The maximum atomic E-state index is 12.9. The van der Waals surface area contributed by atoms with Gasteiger partial charge in [-0.05, 0) is 48.2 Å². The van der Waals surface area contributed by atoms with Crippen LogP contribution in [0.25, 0.3) is 11.1 Å². The van der Waals surface area contributed by atoms with Crippen molar-refractivity contribution in [2.45, 2.75) is 24.9 Å². The lowest BCUT2D eigenvalue weighted by atomic mass is 10.0. The standard InChI is InChI=1S/C24H26N2O6/c27-15-8-21(28)32-20-3-1-2-19(16-20)17-4-6-18(7-5-17)22(29)25-11-13-26(14-12-25)23(30)24(31)9-10-24/h1-7,16,27,31H,8-15H2. The smallest absolute Gasteiger partial charge is 0.313 e. The Morgan fingerprint density at radius 2 is 1.56 bits per heavy atom. The van der Waals surface area contributed by atoms with E-state index in [0.29, 0.717) is 50.3 Å². The maximum absolute atomic E-state index is 12.9. The maximum Gasteiger partial charge on any atom is 0.313 e. The first kappa shape index (κ1) is 22.0. The average molecular weight is 438 g/mol. The molecule has 8 heteroatoms. The number of amides is 2. The van der Waals surface area contributed by atoms with Gasteiger partial charge in [-0.1, -0.05) is 24.3 Å². The molecule has 0 spiro atoms. The molecule has 2 aliphatic rings. The largest absolute Gasteiger partial charge is 0.426 e. The molecule has 1 saturated carbocycles. The molecular formula is C24H26N2O6. The van der Waals surface area contributed by atoms with Crippen molar-refractivity contribution in [3.63, 3.8) is 0 Å². The van der Waals surface area contributed by atoms with Gasteiger partial charge < -0.3 is 24.7 Å². The quantitative estimate of drug-likeness (QED) is 0.522. The van der Waals surface area contributed by atoms with Crippen LogP contribution in [0.15, 0.2) is 48.5 Å². The van der Waals surface area contributed by atoms with E-state index in [1.165, 1.54) is 0 Å². The molecule has 2 aromatic rings. The average Bonchev–Trinajstić information content (AvgIpc) is 3.57. The van der Waals surface area contributed by atoms with Gasteiger partial charge in [0.15, 0.2) is 0 Å². The van der Waals surface area contributed by atoms with E-state index < -0.39 is 11.6 Å². The molecule has 32 heavy (non-hydrogen) atoms. The highest BCUT2D eigenvalue weighted by molar-refractivity contribution is 5.95. The molecule has 1 heterocycles. The molecule has 2 aromatic carbocycles. The number of carbonyl (C=O) groups excluding carboxylic acids is 3. The first-order chi connectivity index (χ1) is 15.4. The van der Waals surface area contributed by atoms with Crippen molar-refractivity contribution in [3.8, 4) is 16.9 Å². The van der Waals surface area contributed by atoms with Gasteiger partial charge in [0.1, 0.15) is 11.4 Å². The number of nitrogens with zero attached hydrogens (tertiary/aromatic N) is 2. The monoisotopic (exact) mass is 438 g/mol. The van der Waals surface area contributed by atoms with Gasteiger partial charge in [-0.2, -0.15) is 0 Å². The molecule has 8 nitrogen and oxygen atoms in total. The summed E-state index contributed by atoms with van der Waals surface area (Å²) in [5.74, 6) is -0.429. The Morgan fingerprint density at radius 1 is 0.906 bits per heavy atom. The van der Waals surface area contributed by atoms with Crippen LogP contribution < -0.4 is 4.74 Å². The second-order valence-corrected chi connectivity index (χ2v) is 8.17. The Labute approximate surface area is 186 Å². The molecule has 4 rings (SSSR count). The van der Waals surface area contributed by atoms with Gasteiger partial charge in [0, 0.05) is 31.7 Å². The lowest BCUT2D eigenvalue weighted by Crippen LogP contribution is -2.53. The van der Waals surface area contributed by atoms with Crippen LogP contribution in [-0.4, -0.2) is 76.2 Å². The highest BCUT2D eigenvalue weighted by Crippen LogP contribution is 2.37. The van der Waals surface area contributed by atoms with Gasteiger partial charge in [0.25, 0.3) is 11.8 Å². The molecule has 168 valence electrons. The Kier molecular flexibility index (Phi) is 6.25. The fraction of sp³-hybridized carbons (Fsp3) is 0.375. The van der Waals surface area contributed by atoms with E-state index in [4.69, 9.17) is 9.84 Å². The van der Waals surface area contributed by atoms with Gasteiger partial charge in [0.05, 0.1) is 13.0 Å². The lowest BCUT2D eigenvalue weighted by Gasteiger charge is -2.35. The van der Waals surface area contributed by atoms with Crippen LogP contribution in [0.5, 0.6) is 5.75 Å². The minimum Gasteiger partial charge on any atom is -0.426 e. The van der Waals surface area contributed by atoms with Crippen LogP contribution in [-0.2, 0) is 9.59 Å². The Balaban J connectivity index is 1.37. The molecular weight excluding hydrogens is 412 g/mol. The molecule has 1 aliphatic carbocycles. The summed E-state index contributed by atoms with van der Waals surface area (Å²) in [5, 5.41) is 18.8. The van der Waals surface area contributed by atoms with E-state index in [1.54, 1.807) is 40.1 Å². The minimum atomic E-state index is -1.17. The van der Waals surface area contributed by atoms with E-state index in [1.807, 2.05) is 18.2 Å². The fourth-order valence-corrected chi connectivity index (χ4v) is 3.74. The number of aliphatic hydroxyl groups excluding tert-OH is 1. The third-order valence-electron chi connectivity index (χ3n) is 5.82. The molecule has 1 aliphatic heterocycles. The first-order valence-electron chi connectivity index (χ1n) is 10.7. The number of piperazine rings is 1. The summed E-state index contributed by atoms with van der Waals surface area (Å²) in [6.07, 6.45) is 0.973. The van der Waals surface area contributed by atoms with Crippen molar-refractivity contribution in [1.29, 1.82) is 0 Å². The number of ether oxygens (including phenoxy) is 1. The predicted octanol–water partition coefficient (Wildman–Crippen LogP) is 1.45. The molecule has 0 unspecified atom stereocenters. The van der Waals surface area contributed by atoms with Crippen molar-refractivity contribution < 1.29 is 29.3 Å². The van der Waals surface area contributed by atoms with Crippen molar-refractivity contribution in [2.75, 3.05) is 32.8 Å². The molecule has 2 amide bonds. The zero-order valence-electron chi connectivity index (χ0n) is 17.7. The molecule has 0 bridgehead atoms. The topological polar surface area (TPSA) is 107 Å². The number of benzene rings is 2. The summed E-state index contributed by atoms with van der Waals surface area (Å²) in [6.45, 7) is 1.45. The second-order valence-electron chi connectivity index (χ2n) is 8.17. The summed E-state index contributed by atoms with van der Waals surface area (Å²) < 4.78 is 5.21. The highest BCUT2D eigenvalue weighted by atomic mass is 16.5. The second kappa shape index (κ2) is 9.10. The van der Waals surface area contributed by atoms with E-state index in [2.05, 4.69) is 0 Å². The molecule has 2 N–H and O–H groups in total. The van der Waals surface area contributed by atoms with Crippen LogP contribution in [0.3, 0.4) is 0 Å². The number of rotatable bonds is 6. The fourth-order valence-electron chi connectivity index (χ4n) is 3.74. The van der Waals surface area contributed by atoms with Crippen molar-refractivity contribution >= 4 is 17.8 Å². The normalized spacial score (nSPS) is 17.1. The number of hydrogen-bond acceptors (Lipinski definition) is 6. The van der Waals surface area contributed by atoms with Gasteiger partial charge in [-0.15, -0.1) is 0 Å². The molecule has 0 atom stereocenters. The summed E-state index contributed by atoms with van der Waals surface area (Å²) >= 11 is 0. The third kappa shape index (κ3) is 4.81. The SMILES string of the molecule is O=C(CCO)Oc1cccc(-c2ccc(C(=O)N3CCN(C(=O)C4(O)CC4)CC3)cc2)c1. The third-order valence-corrected chi connectivity index (χ3v) is 5.82. The summed E-state index contributed by atoms with van der Waals surface area (Å²) in [7, 11) is 0. The van der Waals surface area contributed by atoms with Gasteiger partial charge >= 0.3 is 5.97 Å². The van der Waals surface area contributed by atoms with E-state index in [-0.39, 0.29) is 24.8 Å². The van der Waals surface area contributed by atoms with Crippen LogP contribution in [0.4, 0.5) is 0 Å². The lowest BCUT2D eigenvalue weighted by molar-refractivity contribution is -0.144. The number of esters is 1. The van der Waals surface area contributed by atoms with Crippen LogP contribution in [0.1, 0.15) is 29.6 Å². The van der Waals surface area contributed by atoms with E-state index >= 15 is 0 Å². The van der Waals surface area contributed by atoms with E-state index in [9.17, 15) is 19.5 Å². The predicted molar refractivity (Wildman–Crippen MR) is 116 cm³/mol. The van der Waals surface area contributed by atoms with Crippen molar-refractivity contribution in [1.82, 2.24) is 9.80 Å². The van der Waals surface area contributed by atoms with E-state index in [0.717, 1.165) is 11.1 Å². The summed E-state index contributed by atoms with van der Waals surface area (Å²) in [6, 6.07) is 14.2. The Hall–Kier alpha value is -3.23. The van der Waals surface area contributed by atoms with Crippen LogP contribution in [0, 0.1) is 0 Å². The van der Waals surface area contributed by atoms with Crippen LogP contribution in [0.2, 0.25) is 0 Å². The first-order valence-corrected chi connectivity index (χ1v) is 10.7. The number of aliphatic hydroxyl groups is 2. The zero-order chi connectivity index (χ0) is 22.7. The molecule has 1 saturated heterocycles. The molecule has 0 radical (unpaired) electrons. The summed E-state index contributed by atoms with van der Waals surface area (Å²) in [4.78, 5) is 40.1. The van der Waals surface area contributed by atoms with Gasteiger partial charge in [-0.25, -0.2) is 0 Å². The summed E-state index contributed by atoms with van der Waals surface area (Å²) in [5.41, 5.74) is 1.09. The van der Waals surface area contributed by atoms with Crippen LogP contribution >= 0.6 is 0 Å². The number of carbonyl (C=O) groups is 3. The zero-order valence-corrected chi connectivity index (χ0v) is 17.7. The highest BCUT2D eigenvalue weighted by Gasteiger charge is 2.50. The molecule has 2 fully saturated rings. The Morgan fingerprint density at radius 3 is 2.19 bits per heavy atom.